The van der Waals surface area contributed by atoms with Gasteiger partial charge in [0.2, 0.25) is 5.91 Å². The van der Waals surface area contributed by atoms with E-state index in [0.29, 0.717) is 19.0 Å². The van der Waals surface area contributed by atoms with Crippen molar-refractivity contribution in [1.29, 1.82) is 0 Å². The van der Waals surface area contributed by atoms with Gasteiger partial charge in [0.05, 0.1) is 0 Å². The van der Waals surface area contributed by atoms with Crippen LogP contribution < -0.4 is 5.73 Å². The van der Waals surface area contributed by atoms with Crippen LogP contribution in [0.15, 0.2) is 0 Å². The molecule has 1 unspecified atom stereocenters. The van der Waals surface area contributed by atoms with Crippen molar-refractivity contribution in [2.75, 3.05) is 33.2 Å². The predicted molar refractivity (Wildman–Crippen MR) is 57.0 cm³/mol. The number of hydrogen-bond acceptors (Lipinski definition) is 3. The molecule has 1 fully saturated rings. The zero-order valence-corrected chi connectivity index (χ0v) is 9.20. The Labute approximate surface area is 86.0 Å². The van der Waals surface area contributed by atoms with E-state index in [-0.39, 0.29) is 5.91 Å². The minimum absolute atomic E-state index is 0.277. The summed E-state index contributed by atoms with van der Waals surface area (Å²) in [5.74, 6) is 0.277. The second kappa shape index (κ2) is 5.32. The Kier molecular flexibility index (Phi) is 4.35. The normalized spacial score (nSPS) is 23.9. The van der Waals surface area contributed by atoms with E-state index < -0.39 is 0 Å². The highest BCUT2D eigenvalue weighted by atomic mass is 16.2. The molecular formula is C10H21N3O. The number of rotatable bonds is 3. The molecule has 1 aliphatic heterocycles. The number of nitrogens with zero attached hydrogens (tertiary/aromatic N) is 2. The molecule has 2 N–H and O–H groups in total. The van der Waals surface area contributed by atoms with Gasteiger partial charge in [0.25, 0.3) is 0 Å². The Balaban J connectivity index is 2.45. The minimum Gasteiger partial charge on any atom is -0.340 e. The van der Waals surface area contributed by atoms with Gasteiger partial charge in [0, 0.05) is 38.6 Å². The van der Waals surface area contributed by atoms with E-state index in [9.17, 15) is 4.79 Å². The van der Waals surface area contributed by atoms with Gasteiger partial charge in [-0.05, 0) is 13.5 Å². The van der Waals surface area contributed by atoms with Gasteiger partial charge in [-0.25, -0.2) is 0 Å². The molecule has 14 heavy (non-hydrogen) atoms. The number of carbonyl (C=O) groups excluding carboxylic acids is 1. The molecule has 0 aromatic rings. The lowest BCUT2D eigenvalue weighted by Crippen LogP contribution is -2.55. The fourth-order valence-electron chi connectivity index (χ4n) is 1.80. The van der Waals surface area contributed by atoms with Gasteiger partial charge in [0.1, 0.15) is 0 Å². The molecule has 1 aliphatic rings. The van der Waals surface area contributed by atoms with Crippen LogP contribution >= 0.6 is 0 Å². The van der Waals surface area contributed by atoms with E-state index >= 15 is 0 Å². The first-order valence-electron chi connectivity index (χ1n) is 5.37. The lowest BCUT2D eigenvalue weighted by molar-refractivity contribution is -0.133. The standard InChI is InChI=1S/C10H21N3O/c1-3-4-10(14)13-6-5-12(2)9(7-11)8-13/h9H,3-8,11H2,1-2H3. The van der Waals surface area contributed by atoms with Crippen LogP contribution in [0.1, 0.15) is 19.8 Å². The Bertz CT molecular complexity index is 196. The quantitative estimate of drug-likeness (QED) is 0.690. The molecule has 0 spiro atoms. The van der Waals surface area contributed by atoms with Crippen molar-refractivity contribution in [1.82, 2.24) is 9.80 Å². The van der Waals surface area contributed by atoms with Crippen LogP contribution in [-0.2, 0) is 4.79 Å². The summed E-state index contributed by atoms with van der Waals surface area (Å²) in [5.41, 5.74) is 5.65. The topological polar surface area (TPSA) is 49.6 Å². The summed E-state index contributed by atoms with van der Waals surface area (Å²) < 4.78 is 0. The van der Waals surface area contributed by atoms with Crippen LogP contribution in [0.25, 0.3) is 0 Å². The van der Waals surface area contributed by atoms with Crippen LogP contribution in [0, 0.1) is 0 Å². The first kappa shape index (κ1) is 11.5. The Morgan fingerprint density at radius 2 is 2.21 bits per heavy atom. The highest BCUT2D eigenvalue weighted by molar-refractivity contribution is 5.76. The van der Waals surface area contributed by atoms with Crippen LogP contribution in [0.4, 0.5) is 0 Å². The summed E-state index contributed by atoms with van der Waals surface area (Å²) in [7, 11) is 2.07. The SMILES string of the molecule is CCCC(=O)N1CCN(C)C(CN)C1. The van der Waals surface area contributed by atoms with E-state index in [1.807, 2.05) is 11.8 Å². The molecule has 1 saturated heterocycles. The summed E-state index contributed by atoms with van der Waals surface area (Å²) >= 11 is 0. The second-order valence-electron chi connectivity index (χ2n) is 3.96. The average Bonchev–Trinajstić information content (AvgIpc) is 2.19. The molecule has 1 rings (SSSR count). The van der Waals surface area contributed by atoms with E-state index in [1.165, 1.54) is 0 Å². The summed E-state index contributed by atoms with van der Waals surface area (Å²) in [4.78, 5) is 15.8. The van der Waals surface area contributed by atoms with Gasteiger partial charge in [-0.15, -0.1) is 0 Å². The van der Waals surface area contributed by atoms with E-state index in [0.717, 1.165) is 26.1 Å². The smallest absolute Gasteiger partial charge is 0.222 e. The van der Waals surface area contributed by atoms with Crippen molar-refractivity contribution in [3.63, 3.8) is 0 Å². The summed E-state index contributed by atoms with van der Waals surface area (Å²) in [5, 5.41) is 0. The molecule has 4 nitrogen and oxygen atoms in total. The Hall–Kier alpha value is -0.610. The van der Waals surface area contributed by atoms with Gasteiger partial charge >= 0.3 is 0 Å². The van der Waals surface area contributed by atoms with Crippen molar-refractivity contribution in [2.24, 2.45) is 5.73 Å². The number of hydrogen-bond donors (Lipinski definition) is 1. The molecule has 0 aliphatic carbocycles. The highest BCUT2D eigenvalue weighted by Crippen LogP contribution is 2.08. The molecule has 0 bridgehead atoms. The molecule has 4 heteroatoms. The van der Waals surface area contributed by atoms with Crippen molar-refractivity contribution in [3.8, 4) is 0 Å². The Morgan fingerprint density at radius 3 is 2.79 bits per heavy atom. The monoisotopic (exact) mass is 199 g/mol. The zero-order chi connectivity index (χ0) is 10.6. The summed E-state index contributed by atoms with van der Waals surface area (Å²) in [6, 6.07) is 0.338. The lowest BCUT2D eigenvalue weighted by Gasteiger charge is -2.39. The molecule has 1 atom stereocenters. The molecular weight excluding hydrogens is 178 g/mol. The fourth-order valence-corrected chi connectivity index (χ4v) is 1.80. The number of carbonyl (C=O) groups is 1. The predicted octanol–water partition coefficient (Wildman–Crippen LogP) is -0.112. The first-order valence-corrected chi connectivity index (χ1v) is 5.37. The maximum absolute atomic E-state index is 11.6. The van der Waals surface area contributed by atoms with Crippen LogP contribution in [0.5, 0.6) is 0 Å². The van der Waals surface area contributed by atoms with Gasteiger partial charge in [-0.3, -0.25) is 9.69 Å². The van der Waals surface area contributed by atoms with Gasteiger partial charge in [-0.1, -0.05) is 6.92 Å². The van der Waals surface area contributed by atoms with E-state index in [4.69, 9.17) is 5.73 Å². The number of piperazine rings is 1. The largest absolute Gasteiger partial charge is 0.340 e. The van der Waals surface area contributed by atoms with Crippen molar-refractivity contribution in [2.45, 2.75) is 25.8 Å². The summed E-state index contributed by atoms with van der Waals surface area (Å²) in [6.07, 6.45) is 1.60. The fraction of sp³-hybridized carbons (Fsp3) is 0.900. The number of amides is 1. The van der Waals surface area contributed by atoms with Crippen LogP contribution in [-0.4, -0.2) is 55.0 Å². The average molecular weight is 199 g/mol. The number of likely N-dealkylation sites (N-methyl/N-ethyl adjacent to an activating group) is 1. The van der Waals surface area contributed by atoms with E-state index in [2.05, 4.69) is 11.9 Å². The second-order valence-corrected chi connectivity index (χ2v) is 3.96. The van der Waals surface area contributed by atoms with Crippen LogP contribution in [0.2, 0.25) is 0 Å². The lowest BCUT2D eigenvalue weighted by atomic mass is 10.1. The first-order chi connectivity index (χ1) is 6.69. The molecule has 82 valence electrons. The van der Waals surface area contributed by atoms with Crippen LogP contribution in [0.3, 0.4) is 0 Å². The third-order valence-electron chi connectivity index (χ3n) is 2.87. The van der Waals surface area contributed by atoms with E-state index in [1.54, 1.807) is 0 Å². The van der Waals surface area contributed by atoms with Gasteiger partial charge in [-0.2, -0.15) is 0 Å². The van der Waals surface area contributed by atoms with Gasteiger partial charge in [0.15, 0.2) is 0 Å². The summed E-state index contributed by atoms with van der Waals surface area (Å²) in [6.45, 7) is 5.26. The number of nitrogens with two attached hydrogens (primary N) is 1. The van der Waals surface area contributed by atoms with Crippen molar-refractivity contribution in [3.05, 3.63) is 0 Å². The molecule has 0 radical (unpaired) electrons. The third-order valence-corrected chi connectivity index (χ3v) is 2.87. The maximum Gasteiger partial charge on any atom is 0.222 e. The molecule has 1 heterocycles. The minimum atomic E-state index is 0.277. The van der Waals surface area contributed by atoms with Crippen molar-refractivity contribution >= 4 is 5.91 Å². The molecule has 0 aromatic heterocycles. The molecule has 0 saturated carbocycles. The zero-order valence-electron chi connectivity index (χ0n) is 9.20. The Morgan fingerprint density at radius 1 is 1.50 bits per heavy atom. The maximum atomic E-state index is 11.6. The third kappa shape index (κ3) is 2.69. The molecule has 1 amide bonds. The van der Waals surface area contributed by atoms with Gasteiger partial charge < -0.3 is 10.6 Å². The highest BCUT2D eigenvalue weighted by Gasteiger charge is 2.25. The molecule has 0 aromatic carbocycles. The van der Waals surface area contributed by atoms with Crippen molar-refractivity contribution < 1.29 is 4.79 Å².